The largest absolute Gasteiger partial charge is 0.480 e. The van der Waals surface area contributed by atoms with Gasteiger partial charge < -0.3 is 5.11 Å². The molecular formula is C17H25FN2O2. The molecule has 1 aliphatic heterocycles. The number of carboxylic acid groups (broad SMARTS) is 1. The topological polar surface area (TPSA) is 43.8 Å². The summed E-state index contributed by atoms with van der Waals surface area (Å²) in [7, 11) is 0. The number of carbonyl (C=O) groups is 1. The van der Waals surface area contributed by atoms with E-state index in [4.69, 9.17) is 5.11 Å². The first-order valence-corrected chi connectivity index (χ1v) is 7.96. The first-order valence-electron chi connectivity index (χ1n) is 7.96. The molecule has 1 aromatic rings. The third kappa shape index (κ3) is 4.27. The number of aliphatic carboxylic acids is 1. The van der Waals surface area contributed by atoms with Crippen LogP contribution in [0.25, 0.3) is 0 Å². The van der Waals surface area contributed by atoms with Crippen LogP contribution in [0.5, 0.6) is 0 Å². The molecule has 2 rings (SSSR count). The van der Waals surface area contributed by atoms with Gasteiger partial charge in [0.1, 0.15) is 5.82 Å². The number of likely N-dealkylation sites (N-methyl/N-ethyl adjacent to an activating group) is 1. The van der Waals surface area contributed by atoms with Crippen molar-refractivity contribution in [2.24, 2.45) is 0 Å². The maximum Gasteiger partial charge on any atom is 0.317 e. The molecule has 1 aromatic carbocycles. The summed E-state index contributed by atoms with van der Waals surface area (Å²) < 4.78 is 13.3. The van der Waals surface area contributed by atoms with Crippen molar-refractivity contribution in [1.82, 2.24) is 9.80 Å². The Labute approximate surface area is 131 Å². The van der Waals surface area contributed by atoms with Crippen LogP contribution in [-0.4, -0.2) is 53.1 Å². The summed E-state index contributed by atoms with van der Waals surface area (Å²) in [5, 5.41) is 8.97. The van der Waals surface area contributed by atoms with E-state index < -0.39 is 5.97 Å². The zero-order valence-electron chi connectivity index (χ0n) is 13.3. The highest BCUT2D eigenvalue weighted by atomic mass is 19.1. The quantitative estimate of drug-likeness (QED) is 0.877. The van der Waals surface area contributed by atoms with E-state index in [1.807, 2.05) is 17.9 Å². The minimum absolute atomic E-state index is 0.112. The lowest BCUT2D eigenvalue weighted by molar-refractivity contribution is -0.139. The van der Waals surface area contributed by atoms with Gasteiger partial charge in [-0.1, -0.05) is 19.1 Å². The lowest BCUT2D eigenvalue weighted by Crippen LogP contribution is -2.47. The third-order valence-corrected chi connectivity index (χ3v) is 4.64. The molecule has 1 aliphatic rings. The van der Waals surface area contributed by atoms with Gasteiger partial charge in [-0.15, -0.1) is 0 Å². The molecule has 1 unspecified atom stereocenters. The van der Waals surface area contributed by atoms with Gasteiger partial charge in [-0.3, -0.25) is 14.6 Å². The molecule has 0 saturated carbocycles. The van der Waals surface area contributed by atoms with Gasteiger partial charge in [-0.25, -0.2) is 4.39 Å². The Hall–Kier alpha value is -1.46. The van der Waals surface area contributed by atoms with E-state index in [1.54, 1.807) is 12.1 Å². The summed E-state index contributed by atoms with van der Waals surface area (Å²) in [5.41, 5.74) is 0.997. The lowest BCUT2D eigenvalue weighted by atomic mass is 9.99. The van der Waals surface area contributed by atoms with Crippen LogP contribution in [0.3, 0.4) is 0 Å². The molecule has 0 amide bonds. The second kappa shape index (κ2) is 7.70. The van der Waals surface area contributed by atoms with Crippen molar-refractivity contribution in [2.75, 3.05) is 26.2 Å². The molecule has 5 heteroatoms. The highest BCUT2D eigenvalue weighted by molar-refractivity contribution is 5.69. The molecule has 0 aliphatic carbocycles. The van der Waals surface area contributed by atoms with Gasteiger partial charge in [0.2, 0.25) is 0 Å². The predicted octanol–water partition coefficient (Wildman–Crippen LogP) is 2.76. The molecule has 0 radical (unpaired) electrons. The zero-order chi connectivity index (χ0) is 16.1. The molecule has 122 valence electrons. The number of hydrogen-bond acceptors (Lipinski definition) is 3. The summed E-state index contributed by atoms with van der Waals surface area (Å²) in [6.07, 6.45) is 1.92. The summed E-state index contributed by atoms with van der Waals surface area (Å²) in [5.74, 6) is -0.963. The van der Waals surface area contributed by atoms with Crippen molar-refractivity contribution in [2.45, 2.75) is 38.8 Å². The highest BCUT2D eigenvalue weighted by Crippen LogP contribution is 2.26. The van der Waals surface area contributed by atoms with Crippen LogP contribution in [0, 0.1) is 5.82 Å². The second-order valence-electron chi connectivity index (χ2n) is 5.95. The number of halogens is 1. The molecule has 1 N–H and O–H groups in total. The standard InChI is InChI=1S/C17H25FN2O2/c1-3-19(12-17(21)22)16-7-9-20(10-8-16)13(2)14-5-4-6-15(18)11-14/h4-6,11,13,16H,3,7-10,12H2,1-2H3,(H,21,22). The highest BCUT2D eigenvalue weighted by Gasteiger charge is 2.27. The van der Waals surface area contributed by atoms with Crippen LogP contribution in [0.15, 0.2) is 24.3 Å². The minimum Gasteiger partial charge on any atom is -0.480 e. The summed E-state index contributed by atoms with van der Waals surface area (Å²) in [6, 6.07) is 7.29. The van der Waals surface area contributed by atoms with E-state index in [1.165, 1.54) is 6.07 Å². The average molecular weight is 308 g/mol. The van der Waals surface area contributed by atoms with E-state index in [2.05, 4.69) is 11.8 Å². The number of piperidine rings is 1. The normalized spacial score (nSPS) is 18.5. The smallest absolute Gasteiger partial charge is 0.317 e. The number of benzene rings is 1. The van der Waals surface area contributed by atoms with Crippen LogP contribution in [0.4, 0.5) is 4.39 Å². The molecule has 1 fully saturated rings. The van der Waals surface area contributed by atoms with Crippen molar-refractivity contribution < 1.29 is 14.3 Å². The van der Waals surface area contributed by atoms with E-state index >= 15 is 0 Å². The van der Waals surface area contributed by atoms with Gasteiger partial charge in [0.15, 0.2) is 0 Å². The van der Waals surface area contributed by atoms with E-state index in [9.17, 15) is 9.18 Å². The Kier molecular flexibility index (Phi) is 5.91. The molecule has 22 heavy (non-hydrogen) atoms. The third-order valence-electron chi connectivity index (χ3n) is 4.64. The molecule has 0 aromatic heterocycles. The fraction of sp³-hybridized carbons (Fsp3) is 0.588. The van der Waals surface area contributed by atoms with Crippen molar-refractivity contribution in [3.63, 3.8) is 0 Å². The van der Waals surface area contributed by atoms with E-state index in [0.29, 0.717) is 6.04 Å². The van der Waals surface area contributed by atoms with Gasteiger partial charge in [0.05, 0.1) is 6.54 Å². The van der Waals surface area contributed by atoms with Gasteiger partial charge in [0.25, 0.3) is 0 Å². The Morgan fingerprint density at radius 1 is 1.45 bits per heavy atom. The summed E-state index contributed by atoms with van der Waals surface area (Å²) >= 11 is 0. The summed E-state index contributed by atoms with van der Waals surface area (Å²) in [4.78, 5) is 15.3. The molecular weight excluding hydrogens is 283 g/mol. The number of hydrogen-bond donors (Lipinski definition) is 1. The molecule has 1 heterocycles. The number of nitrogens with zero attached hydrogens (tertiary/aromatic N) is 2. The van der Waals surface area contributed by atoms with Gasteiger partial charge in [-0.05, 0) is 44.0 Å². The molecule has 0 bridgehead atoms. The van der Waals surface area contributed by atoms with Crippen LogP contribution in [0.2, 0.25) is 0 Å². The second-order valence-corrected chi connectivity index (χ2v) is 5.95. The number of rotatable bonds is 6. The average Bonchev–Trinajstić information content (AvgIpc) is 2.52. The summed E-state index contributed by atoms with van der Waals surface area (Å²) in [6.45, 7) is 6.81. The first kappa shape index (κ1) is 16.9. The van der Waals surface area contributed by atoms with Crippen LogP contribution in [-0.2, 0) is 4.79 Å². The SMILES string of the molecule is CCN(CC(=O)O)C1CCN(C(C)c2cccc(F)c2)CC1. The molecule has 4 nitrogen and oxygen atoms in total. The Balaban J connectivity index is 1.92. The number of likely N-dealkylation sites (tertiary alicyclic amines) is 1. The molecule has 1 saturated heterocycles. The van der Waals surface area contributed by atoms with Crippen molar-refractivity contribution in [3.05, 3.63) is 35.6 Å². The van der Waals surface area contributed by atoms with Crippen molar-refractivity contribution >= 4 is 5.97 Å². The molecule has 1 atom stereocenters. The number of carboxylic acids is 1. The molecule has 0 spiro atoms. The van der Waals surface area contributed by atoms with E-state index in [-0.39, 0.29) is 18.4 Å². The van der Waals surface area contributed by atoms with Crippen molar-refractivity contribution in [3.8, 4) is 0 Å². The van der Waals surface area contributed by atoms with Crippen LogP contribution in [0.1, 0.15) is 38.3 Å². The first-order chi connectivity index (χ1) is 10.5. The maximum atomic E-state index is 13.3. The predicted molar refractivity (Wildman–Crippen MR) is 84.3 cm³/mol. The van der Waals surface area contributed by atoms with Gasteiger partial charge >= 0.3 is 5.97 Å². The zero-order valence-corrected chi connectivity index (χ0v) is 13.3. The minimum atomic E-state index is -0.766. The van der Waals surface area contributed by atoms with Gasteiger partial charge in [-0.2, -0.15) is 0 Å². The lowest BCUT2D eigenvalue weighted by Gasteiger charge is -2.40. The fourth-order valence-electron chi connectivity index (χ4n) is 3.29. The Morgan fingerprint density at radius 3 is 2.68 bits per heavy atom. The monoisotopic (exact) mass is 308 g/mol. The Morgan fingerprint density at radius 2 is 2.14 bits per heavy atom. The van der Waals surface area contributed by atoms with Crippen LogP contribution >= 0.6 is 0 Å². The fourth-order valence-corrected chi connectivity index (χ4v) is 3.29. The Bertz CT molecular complexity index is 501. The van der Waals surface area contributed by atoms with Crippen molar-refractivity contribution in [1.29, 1.82) is 0 Å². The van der Waals surface area contributed by atoms with Gasteiger partial charge in [0, 0.05) is 25.2 Å². The van der Waals surface area contributed by atoms with E-state index in [0.717, 1.165) is 38.0 Å². The van der Waals surface area contributed by atoms with Crippen LogP contribution < -0.4 is 0 Å². The maximum absolute atomic E-state index is 13.3.